The number of hydrogen-bond acceptors (Lipinski definition) is 5. The number of rotatable bonds is 5. The molecule has 2 heterocycles. The maximum absolute atomic E-state index is 12.4. The topological polar surface area (TPSA) is 106 Å². The van der Waals surface area contributed by atoms with Crippen LogP contribution in [0.1, 0.15) is 29.7 Å². The standard InChI is InChI=1S/C20H16ClN5O3/c1-11(27)12-4-8-15(9-5-12)22-17(28)10-16-19(29)24-20-23-18(25-26(16)20)13-2-6-14(21)7-3-13/h2-9,16H,10H2,1H3,(H,22,28)(H,23,24,25,29). The van der Waals surface area contributed by atoms with E-state index in [-0.39, 0.29) is 24.0 Å². The minimum Gasteiger partial charge on any atom is -0.326 e. The molecule has 2 N–H and O–H groups in total. The summed E-state index contributed by atoms with van der Waals surface area (Å²) in [5.74, 6) is -0.0204. The molecule has 0 spiro atoms. The van der Waals surface area contributed by atoms with Crippen LogP contribution in [0.4, 0.5) is 11.6 Å². The van der Waals surface area contributed by atoms with E-state index in [1.165, 1.54) is 11.6 Å². The SMILES string of the molecule is CC(=O)c1ccc(NC(=O)CC2C(=O)Nc3nc(-c4ccc(Cl)cc4)nn32)cc1. The lowest BCUT2D eigenvalue weighted by Gasteiger charge is -2.10. The quantitative estimate of drug-likeness (QED) is 0.629. The lowest BCUT2D eigenvalue weighted by molar-refractivity contribution is -0.123. The largest absolute Gasteiger partial charge is 0.326 e. The maximum atomic E-state index is 12.4. The molecule has 0 saturated heterocycles. The van der Waals surface area contributed by atoms with Crippen molar-refractivity contribution >= 4 is 40.8 Å². The second kappa shape index (κ2) is 7.48. The number of carbonyl (C=O) groups is 3. The second-order valence-electron chi connectivity index (χ2n) is 6.60. The minimum atomic E-state index is -0.796. The van der Waals surface area contributed by atoms with E-state index in [1.807, 2.05) is 0 Å². The third-order valence-corrected chi connectivity index (χ3v) is 4.77. The van der Waals surface area contributed by atoms with E-state index in [2.05, 4.69) is 20.7 Å². The monoisotopic (exact) mass is 409 g/mol. The molecule has 4 rings (SSSR count). The average Bonchev–Trinajstić information content (AvgIpc) is 3.21. The van der Waals surface area contributed by atoms with E-state index < -0.39 is 6.04 Å². The van der Waals surface area contributed by atoms with Gasteiger partial charge >= 0.3 is 0 Å². The lowest BCUT2D eigenvalue weighted by Crippen LogP contribution is -2.23. The zero-order valence-electron chi connectivity index (χ0n) is 15.3. The fraction of sp³-hybridized carbons (Fsp3) is 0.150. The Hall–Kier alpha value is -3.52. The summed E-state index contributed by atoms with van der Waals surface area (Å²) in [5.41, 5.74) is 1.85. The predicted octanol–water partition coefficient (Wildman–Crippen LogP) is 3.32. The first-order chi connectivity index (χ1) is 13.9. The fourth-order valence-electron chi connectivity index (χ4n) is 3.01. The van der Waals surface area contributed by atoms with Crippen molar-refractivity contribution in [2.45, 2.75) is 19.4 Å². The molecule has 0 radical (unpaired) electrons. The number of nitrogens with zero attached hydrogens (tertiary/aromatic N) is 3. The zero-order chi connectivity index (χ0) is 20.5. The molecule has 2 amide bonds. The Balaban J connectivity index is 1.48. The van der Waals surface area contributed by atoms with E-state index >= 15 is 0 Å². The van der Waals surface area contributed by atoms with E-state index in [0.29, 0.717) is 28.0 Å². The minimum absolute atomic E-state index is 0.0549. The van der Waals surface area contributed by atoms with Crippen LogP contribution in [0, 0.1) is 0 Å². The molecule has 1 aliphatic heterocycles. The molecule has 1 aliphatic rings. The normalized spacial score (nSPS) is 15.0. The van der Waals surface area contributed by atoms with Crippen molar-refractivity contribution in [3.63, 3.8) is 0 Å². The number of nitrogens with one attached hydrogen (secondary N) is 2. The zero-order valence-corrected chi connectivity index (χ0v) is 16.1. The first-order valence-electron chi connectivity index (χ1n) is 8.85. The first kappa shape index (κ1) is 18.8. The Labute approximate surface area is 170 Å². The summed E-state index contributed by atoms with van der Waals surface area (Å²) in [6.07, 6.45) is -0.100. The molecule has 8 nitrogen and oxygen atoms in total. The summed E-state index contributed by atoms with van der Waals surface area (Å²) in [6, 6.07) is 12.8. The summed E-state index contributed by atoms with van der Waals surface area (Å²) in [4.78, 5) is 40.3. The van der Waals surface area contributed by atoms with Crippen LogP contribution in [0.3, 0.4) is 0 Å². The van der Waals surface area contributed by atoms with Crippen molar-refractivity contribution in [2.24, 2.45) is 0 Å². The number of carbonyl (C=O) groups excluding carboxylic acids is 3. The highest BCUT2D eigenvalue weighted by Crippen LogP contribution is 2.29. The van der Waals surface area contributed by atoms with Gasteiger partial charge in [-0.25, -0.2) is 4.68 Å². The van der Waals surface area contributed by atoms with Crippen LogP contribution >= 0.6 is 11.6 Å². The molecule has 3 aromatic rings. The van der Waals surface area contributed by atoms with Crippen LogP contribution in [-0.2, 0) is 9.59 Å². The van der Waals surface area contributed by atoms with Crippen LogP contribution in [0.2, 0.25) is 5.02 Å². The van der Waals surface area contributed by atoms with Crippen LogP contribution < -0.4 is 10.6 Å². The molecule has 1 atom stereocenters. The predicted molar refractivity (Wildman–Crippen MR) is 108 cm³/mol. The average molecular weight is 410 g/mol. The number of benzene rings is 2. The number of amides is 2. The Kier molecular flexibility index (Phi) is 4.85. The van der Waals surface area contributed by atoms with Crippen molar-refractivity contribution in [3.05, 3.63) is 59.1 Å². The molecule has 0 fully saturated rings. The van der Waals surface area contributed by atoms with Gasteiger partial charge in [0.2, 0.25) is 11.9 Å². The molecule has 9 heteroatoms. The van der Waals surface area contributed by atoms with Gasteiger partial charge in [-0.15, -0.1) is 5.10 Å². The highest BCUT2D eigenvalue weighted by molar-refractivity contribution is 6.30. The van der Waals surface area contributed by atoms with Crippen molar-refractivity contribution in [3.8, 4) is 11.4 Å². The van der Waals surface area contributed by atoms with E-state index in [0.717, 1.165) is 5.56 Å². The Morgan fingerprint density at radius 3 is 2.48 bits per heavy atom. The van der Waals surface area contributed by atoms with Crippen LogP contribution in [-0.4, -0.2) is 32.4 Å². The number of hydrogen-bond donors (Lipinski definition) is 2. The summed E-state index contributed by atoms with van der Waals surface area (Å²) >= 11 is 5.90. The molecule has 0 bridgehead atoms. The molecule has 29 heavy (non-hydrogen) atoms. The summed E-state index contributed by atoms with van der Waals surface area (Å²) in [5, 5.41) is 10.3. The van der Waals surface area contributed by atoms with Gasteiger partial charge in [-0.3, -0.25) is 19.7 Å². The molecule has 2 aromatic carbocycles. The summed E-state index contributed by atoms with van der Waals surface area (Å²) in [6.45, 7) is 1.47. The maximum Gasteiger partial charge on any atom is 0.252 e. The first-order valence-corrected chi connectivity index (χ1v) is 9.23. The Morgan fingerprint density at radius 1 is 1.14 bits per heavy atom. The number of aromatic nitrogens is 3. The third kappa shape index (κ3) is 3.88. The third-order valence-electron chi connectivity index (χ3n) is 4.52. The van der Waals surface area contributed by atoms with E-state index in [1.54, 1.807) is 48.5 Å². The van der Waals surface area contributed by atoms with E-state index in [4.69, 9.17) is 11.6 Å². The van der Waals surface area contributed by atoms with Crippen molar-refractivity contribution in [2.75, 3.05) is 10.6 Å². The highest BCUT2D eigenvalue weighted by atomic mass is 35.5. The van der Waals surface area contributed by atoms with Gasteiger partial charge in [0, 0.05) is 21.8 Å². The molecule has 146 valence electrons. The number of fused-ring (bicyclic) bond motifs is 1. The van der Waals surface area contributed by atoms with Crippen LogP contribution in [0.15, 0.2) is 48.5 Å². The van der Waals surface area contributed by atoms with Crippen LogP contribution in [0.25, 0.3) is 11.4 Å². The van der Waals surface area contributed by atoms with Gasteiger partial charge in [-0.2, -0.15) is 4.98 Å². The molecular formula is C20H16ClN5O3. The Morgan fingerprint density at radius 2 is 1.83 bits per heavy atom. The van der Waals surface area contributed by atoms with Gasteiger partial charge in [0.15, 0.2) is 11.6 Å². The number of halogens is 1. The molecule has 1 unspecified atom stereocenters. The Bertz CT molecular complexity index is 1110. The number of anilines is 2. The van der Waals surface area contributed by atoms with E-state index in [9.17, 15) is 14.4 Å². The van der Waals surface area contributed by atoms with Gasteiger partial charge in [0.25, 0.3) is 5.91 Å². The lowest BCUT2D eigenvalue weighted by atomic mass is 10.1. The van der Waals surface area contributed by atoms with Gasteiger partial charge in [0.05, 0.1) is 6.42 Å². The van der Waals surface area contributed by atoms with Gasteiger partial charge in [0.1, 0.15) is 6.04 Å². The summed E-state index contributed by atoms with van der Waals surface area (Å²) in [7, 11) is 0. The molecule has 0 saturated carbocycles. The van der Waals surface area contributed by atoms with Crippen molar-refractivity contribution in [1.82, 2.24) is 14.8 Å². The molecular weight excluding hydrogens is 394 g/mol. The van der Waals surface area contributed by atoms with Gasteiger partial charge < -0.3 is 5.32 Å². The summed E-state index contributed by atoms with van der Waals surface area (Å²) < 4.78 is 1.42. The van der Waals surface area contributed by atoms with Crippen LogP contribution in [0.5, 0.6) is 0 Å². The molecule has 1 aromatic heterocycles. The van der Waals surface area contributed by atoms with Crippen molar-refractivity contribution < 1.29 is 14.4 Å². The number of ketones is 1. The second-order valence-corrected chi connectivity index (χ2v) is 7.04. The fourth-order valence-corrected chi connectivity index (χ4v) is 3.13. The highest BCUT2D eigenvalue weighted by Gasteiger charge is 2.35. The van der Waals surface area contributed by atoms with Crippen molar-refractivity contribution in [1.29, 1.82) is 0 Å². The molecule has 0 aliphatic carbocycles. The van der Waals surface area contributed by atoms with Gasteiger partial charge in [-0.05, 0) is 55.5 Å². The van der Waals surface area contributed by atoms with Gasteiger partial charge in [-0.1, -0.05) is 11.6 Å². The number of Topliss-reactive ketones (excluding diaryl/α,β-unsaturated/α-hetero) is 1. The smallest absolute Gasteiger partial charge is 0.252 e.